The third kappa shape index (κ3) is 4.99. The second-order valence-electron chi connectivity index (χ2n) is 9.42. The molecule has 0 radical (unpaired) electrons. The summed E-state index contributed by atoms with van der Waals surface area (Å²) in [7, 11) is -0.141. The monoisotopic (exact) mass is 472 g/mol. The average Bonchev–Trinajstić information content (AvgIpc) is 3.31. The van der Waals surface area contributed by atoms with Gasteiger partial charge in [0.05, 0.1) is 10.6 Å². The highest BCUT2D eigenvalue weighted by Crippen LogP contribution is 2.39. The summed E-state index contributed by atoms with van der Waals surface area (Å²) in [6.07, 6.45) is 6.44. The van der Waals surface area contributed by atoms with Crippen molar-refractivity contribution in [2.24, 2.45) is 5.92 Å². The van der Waals surface area contributed by atoms with Crippen molar-refractivity contribution in [3.8, 4) is 11.5 Å². The SMILES string of the molecule is CNCC(CC1CCCC1)c1ccc(S(=O)(=O)N(C)c2cc3c(cc2C)OCCO3)c(C)c1. The van der Waals surface area contributed by atoms with Crippen LogP contribution in [0.5, 0.6) is 11.5 Å². The first kappa shape index (κ1) is 23.9. The number of benzene rings is 2. The number of ether oxygens (including phenoxy) is 2. The molecule has 33 heavy (non-hydrogen) atoms. The molecule has 1 aliphatic heterocycles. The van der Waals surface area contributed by atoms with Crippen LogP contribution in [0, 0.1) is 19.8 Å². The summed E-state index contributed by atoms with van der Waals surface area (Å²) in [5, 5.41) is 3.33. The molecule has 1 unspecified atom stereocenters. The van der Waals surface area contributed by atoms with Gasteiger partial charge < -0.3 is 14.8 Å². The van der Waals surface area contributed by atoms with Gasteiger partial charge in [-0.3, -0.25) is 4.31 Å². The van der Waals surface area contributed by atoms with Crippen molar-refractivity contribution in [2.75, 3.05) is 38.2 Å². The van der Waals surface area contributed by atoms with Crippen molar-refractivity contribution >= 4 is 15.7 Å². The van der Waals surface area contributed by atoms with Crippen molar-refractivity contribution in [3.63, 3.8) is 0 Å². The third-order valence-electron chi connectivity index (χ3n) is 7.05. The standard InChI is InChI=1S/C26H36N2O4S/c1-18-14-24-25(32-12-11-31-24)16-23(18)28(4)33(29,30)26-10-9-21(13-19(26)2)22(17-27-3)15-20-7-5-6-8-20/h9-10,13-14,16,20,22,27H,5-8,11-12,15,17H2,1-4H3. The smallest absolute Gasteiger partial charge is 0.264 e. The zero-order valence-electron chi connectivity index (χ0n) is 20.2. The first-order valence-electron chi connectivity index (χ1n) is 12.0. The van der Waals surface area contributed by atoms with Gasteiger partial charge in [-0.2, -0.15) is 0 Å². The summed E-state index contributed by atoms with van der Waals surface area (Å²) in [6, 6.07) is 9.45. The Morgan fingerprint density at radius 3 is 2.33 bits per heavy atom. The number of rotatable bonds is 8. The maximum atomic E-state index is 13.6. The van der Waals surface area contributed by atoms with Crippen molar-refractivity contribution < 1.29 is 17.9 Å². The predicted molar refractivity (Wildman–Crippen MR) is 132 cm³/mol. The molecule has 2 aromatic carbocycles. The van der Waals surface area contributed by atoms with Crippen LogP contribution in [0.2, 0.25) is 0 Å². The molecule has 1 fully saturated rings. The van der Waals surface area contributed by atoms with Crippen LogP contribution in [0.4, 0.5) is 5.69 Å². The van der Waals surface area contributed by atoms with Crippen LogP contribution in [-0.4, -0.2) is 42.3 Å². The molecule has 0 spiro atoms. The number of aryl methyl sites for hydroxylation is 2. The highest BCUT2D eigenvalue weighted by molar-refractivity contribution is 7.92. The lowest BCUT2D eigenvalue weighted by atomic mass is 9.87. The van der Waals surface area contributed by atoms with Crippen LogP contribution >= 0.6 is 0 Å². The van der Waals surface area contributed by atoms with E-state index in [9.17, 15) is 8.42 Å². The highest BCUT2D eigenvalue weighted by Gasteiger charge is 2.28. The minimum Gasteiger partial charge on any atom is -0.486 e. The van der Waals surface area contributed by atoms with Gasteiger partial charge in [-0.1, -0.05) is 37.8 Å². The molecule has 6 nitrogen and oxygen atoms in total. The third-order valence-corrected chi connectivity index (χ3v) is 8.98. The van der Waals surface area contributed by atoms with Gasteiger partial charge in [0.1, 0.15) is 13.2 Å². The summed E-state index contributed by atoms with van der Waals surface area (Å²) in [5.41, 5.74) is 3.41. The highest BCUT2D eigenvalue weighted by atomic mass is 32.2. The van der Waals surface area contributed by atoms with Gasteiger partial charge in [0.2, 0.25) is 0 Å². The fourth-order valence-electron chi connectivity index (χ4n) is 5.24. The number of nitrogens with zero attached hydrogens (tertiary/aromatic N) is 1. The summed E-state index contributed by atoms with van der Waals surface area (Å²) < 4.78 is 39.9. The Labute approximate surface area is 198 Å². The molecule has 1 heterocycles. The summed E-state index contributed by atoms with van der Waals surface area (Å²) in [4.78, 5) is 0.340. The van der Waals surface area contributed by atoms with E-state index in [4.69, 9.17) is 9.47 Å². The van der Waals surface area contributed by atoms with Gasteiger partial charge in [0, 0.05) is 19.7 Å². The van der Waals surface area contributed by atoms with Crippen LogP contribution in [0.25, 0.3) is 0 Å². The van der Waals surface area contributed by atoms with Crippen LogP contribution in [0.3, 0.4) is 0 Å². The van der Waals surface area contributed by atoms with E-state index in [-0.39, 0.29) is 0 Å². The Morgan fingerprint density at radius 1 is 1.03 bits per heavy atom. The number of hydrogen-bond acceptors (Lipinski definition) is 5. The van der Waals surface area contributed by atoms with E-state index in [2.05, 4.69) is 11.4 Å². The van der Waals surface area contributed by atoms with Crippen molar-refractivity contribution in [1.29, 1.82) is 0 Å². The van der Waals surface area contributed by atoms with E-state index in [1.807, 2.05) is 33.0 Å². The molecular formula is C26H36N2O4S. The van der Waals surface area contributed by atoms with Crippen molar-refractivity contribution in [2.45, 2.75) is 56.8 Å². The summed E-state index contributed by atoms with van der Waals surface area (Å²) in [5.74, 6) is 2.41. The average molecular weight is 473 g/mol. The molecule has 0 aromatic heterocycles. The number of sulfonamides is 1. The van der Waals surface area contributed by atoms with Crippen molar-refractivity contribution in [3.05, 3.63) is 47.0 Å². The topological polar surface area (TPSA) is 67.9 Å². The van der Waals surface area contributed by atoms with Gasteiger partial charge in [0.15, 0.2) is 11.5 Å². The van der Waals surface area contributed by atoms with E-state index in [1.54, 1.807) is 19.2 Å². The molecule has 1 N–H and O–H groups in total. The van der Waals surface area contributed by atoms with Crippen LogP contribution < -0.4 is 19.1 Å². The predicted octanol–water partition coefficient (Wildman–Crippen LogP) is 4.78. The maximum absolute atomic E-state index is 13.6. The molecule has 0 saturated heterocycles. The Balaban J connectivity index is 1.61. The van der Waals surface area contributed by atoms with Crippen molar-refractivity contribution in [1.82, 2.24) is 5.32 Å². The molecule has 1 atom stereocenters. The van der Waals surface area contributed by atoms with E-state index in [1.165, 1.54) is 35.6 Å². The molecule has 7 heteroatoms. The second-order valence-corrected chi connectivity index (χ2v) is 11.4. The van der Waals surface area contributed by atoms with Gasteiger partial charge in [-0.25, -0.2) is 8.42 Å². The lowest BCUT2D eigenvalue weighted by Crippen LogP contribution is -2.28. The Morgan fingerprint density at radius 2 is 1.70 bits per heavy atom. The zero-order chi connectivity index (χ0) is 23.6. The number of nitrogens with one attached hydrogen (secondary N) is 1. The molecule has 180 valence electrons. The Bertz CT molecular complexity index is 1090. The van der Waals surface area contributed by atoms with Crippen LogP contribution in [0.15, 0.2) is 35.2 Å². The lowest BCUT2D eigenvalue weighted by Gasteiger charge is -2.26. The lowest BCUT2D eigenvalue weighted by molar-refractivity contribution is 0.171. The summed E-state index contributed by atoms with van der Waals surface area (Å²) in [6.45, 7) is 5.65. The summed E-state index contributed by atoms with van der Waals surface area (Å²) >= 11 is 0. The first-order valence-corrected chi connectivity index (χ1v) is 13.4. The fraction of sp³-hybridized carbons (Fsp3) is 0.538. The van der Waals surface area contributed by atoms with E-state index < -0.39 is 10.0 Å². The van der Waals surface area contributed by atoms with Crippen LogP contribution in [0.1, 0.15) is 54.7 Å². The second kappa shape index (κ2) is 9.94. The van der Waals surface area contributed by atoms with Gasteiger partial charge in [0.25, 0.3) is 10.0 Å². The Hall–Kier alpha value is -2.25. The quantitative estimate of drug-likeness (QED) is 0.599. The van der Waals surface area contributed by atoms with Gasteiger partial charge in [-0.05, 0) is 68.0 Å². The van der Waals surface area contributed by atoms with E-state index in [0.29, 0.717) is 41.2 Å². The number of anilines is 1. The maximum Gasteiger partial charge on any atom is 0.264 e. The van der Waals surface area contributed by atoms with E-state index in [0.717, 1.165) is 30.0 Å². The first-order chi connectivity index (χ1) is 15.8. The normalized spacial score (nSPS) is 17.2. The number of likely N-dealkylation sites (N-methyl/N-ethyl adjacent to an activating group) is 1. The zero-order valence-corrected chi connectivity index (χ0v) is 21.0. The van der Waals surface area contributed by atoms with Gasteiger partial charge >= 0.3 is 0 Å². The number of fused-ring (bicyclic) bond motifs is 1. The molecule has 1 saturated carbocycles. The Kier molecular flexibility index (Phi) is 7.19. The molecule has 2 aliphatic rings. The minimum absolute atomic E-state index is 0.340. The largest absolute Gasteiger partial charge is 0.486 e. The van der Waals surface area contributed by atoms with E-state index >= 15 is 0 Å². The molecular weight excluding hydrogens is 436 g/mol. The molecule has 1 aliphatic carbocycles. The molecule has 0 bridgehead atoms. The van der Waals surface area contributed by atoms with Crippen LogP contribution in [-0.2, 0) is 10.0 Å². The molecule has 4 rings (SSSR count). The number of hydrogen-bond donors (Lipinski definition) is 1. The molecule has 2 aromatic rings. The van der Waals surface area contributed by atoms with Gasteiger partial charge in [-0.15, -0.1) is 0 Å². The molecule has 0 amide bonds. The minimum atomic E-state index is -3.73. The fourth-order valence-corrected chi connectivity index (χ4v) is 6.70.